The second-order valence-corrected chi connectivity index (χ2v) is 6.24. The van der Waals surface area contributed by atoms with Gasteiger partial charge in [-0.1, -0.05) is 48.5 Å². The number of nitro groups is 1. The van der Waals surface area contributed by atoms with E-state index >= 15 is 0 Å². The highest BCUT2D eigenvalue weighted by atomic mass is 16.6. The largest absolute Gasteiger partial charge is 0.455 e. The third-order valence-corrected chi connectivity index (χ3v) is 4.27. The Morgan fingerprint density at radius 1 is 0.828 bits per heavy atom. The molecule has 0 aliphatic heterocycles. The van der Waals surface area contributed by atoms with E-state index in [1.807, 2.05) is 65.7 Å². The zero-order chi connectivity index (χ0) is 20.1. The van der Waals surface area contributed by atoms with E-state index in [0.717, 1.165) is 11.4 Å². The van der Waals surface area contributed by atoms with Gasteiger partial charge in [-0.05, 0) is 36.4 Å². The van der Waals surface area contributed by atoms with Crippen LogP contribution in [0, 0.1) is 10.1 Å². The van der Waals surface area contributed by atoms with Gasteiger partial charge in [-0.25, -0.2) is 5.01 Å². The summed E-state index contributed by atoms with van der Waals surface area (Å²) in [6.07, 6.45) is 1.63. The molecule has 0 spiro atoms. The quantitative estimate of drug-likeness (QED) is 0.232. The summed E-state index contributed by atoms with van der Waals surface area (Å²) in [6, 6.07) is 29.5. The molecule has 0 atom stereocenters. The molecule has 3 aromatic carbocycles. The van der Waals surface area contributed by atoms with E-state index in [1.165, 1.54) is 12.1 Å². The predicted octanol–water partition coefficient (Wildman–Crippen LogP) is 6.03. The molecule has 0 saturated carbocycles. The fourth-order valence-electron chi connectivity index (χ4n) is 2.89. The van der Waals surface area contributed by atoms with Crippen LogP contribution in [0.5, 0.6) is 0 Å². The van der Waals surface area contributed by atoms with Crippen LogP contribution in [0.2, 0.25) is 0 Å². The molecule has 4 aromatic rings. The van der Waals surface area contributed by atoms with Gasteiger partial charge in [-0.3, -0.25) is 10.1 Å². The van der Waals surface area contributed by atoms with E-state index < -0.39 is 4.92 Å². The summed E-state index contributed by atoms with van der Waals surface area (Å²) in [6.45, 7) is 0. The number of nitrogens with zero attached hydrogens (tertiary/aromatic N) is 3. The summed E-state index contributed by atoms with van der Waals surface area (Å²) in [5.74, 6) is 1.09. The van der Waals surface area contributed by atoms with Gasteiger partial charge in [-0.2, -0.15) is 5.10 Å². The summed E-state index contributed by atoms with van der Waals surface area (Å²) < 4.78 is 5.83. The Morgan fingerprint density at radius 3 is 2.10 bits per heavy atom. The number of rotatable bonds is 6. The number of nitro benzene ring substituents is 1. The van der Waals surface area contributed by atoms with Crippen LogP contribution in [0.3, 0.4) is 0 Å². The van der Waals surface area contributed by atoms with Gasteiger partial charge < -0.3 is 4.42 Å². The molecule has 0 bridgehead atoms. The summed E-state index contributed by atoms with van der Waals surface area (Å²) in [5, 5.41) is 17.4. The Bertz CT molecular complexity index is 1100. The molecule has 0 aliphatic carbocycles. The fraction of sp³-hybridized carbons (Fsp3) is 0. The van der Waals surface area contributed by atoms with E-state index in [9.17, 15) is 10.1 Å². The molecule has 0 radical (unpaired) electrons. The third kappa shape index (κ3) is 4.22. The first-order valence-electron chi connectivity index (χ1n) is 8.99. The number of non-ortho nitro benzene ring substituents is 1. The molecule has 1 aromatic heterocycles. The van der Waals surface area contributed by atoms with Crippen molar-refractivity contribution in [2.45, 2.75) is 0 Å². The van der Waals surface area contributed by atoms with Gasteiger partial charge in [0.2, 0.25) is 0 Å². The Morgan fingerprint density at radius 2 is 1.48 bits per heavy atom. The minimum Gasteiger partial charge on any atom is -0.455 e. The first kappa shape index (κ1) is 18.2. The average Bonchev–Trinajstić information content (AvgIpc) is 3.25. The molecule has 0 fully saturated rings. The minimum atomic E-state index is -0.424. The van der Waals surface area contributed by atoms with Crippen molar-refractivity contribution in [2.75, 3.05) is 5.01 Å². The molecule has 29 heavy (non-hydrogen) atoms. The third-order valence-electron chi connectivity index (χ3n) is 4.27. The lowest BCUT2D eigenvalue weighted by molar-refractivity contribution is -0.384. The predicted molar refractivity (Wildman–Crippen MR) is 113 cm³/mol. The molecule has 4 rings (SSSR count). The number of hydrogen-bond donors (Lipinski definition) is 0. The molecule has 6 heteroatoms. The van der Waals surface area contributed by atoms with Crippen LogP contribution < -0.4 is 5.01 Å². The first-order chi connectivity index (χ1) is 14.2. The van der Waals surface area contributed by atoms with Gasteiger partial charge in [0.15, 0.2) is 0 Å². The zero-order valence-electron chi connectivity index (χ0n) is 15.4. The van der Waals surface area contributed by atoms with Gasteiger partial charge in [0, 0.05) is 17.7 Å². The van der Waals surface area contributed by atoms with Crippen molar-refractivity contribution in [1.29, 1.82) is 0 Å². The maximum Gasteiger partial charge on any atom is 0.270 e. The van der Waals surface area contributed by atoms with E-state index in [0.29, 0.717) is 17.1 Å². The highest BCUT2D eigenvalue weighted by molar-refractivity contribution is 5.80. The van der Waals surface area contributed by atoms with Gasteiger partial charge in [0.25, 0.3) is 5.69 Å². The Labute approximate surface area is 167 Å². The molecule has 142 valence electrons. The molecular formula is C23H17N3O3. The van der Waals surface area contributed by atoms with Crippen molar-refractivity contribution in [3.05, 3.63) is 113 Å². The minimum absolute atomic E-state index is 0.0217. The second-order valence-electron chi connectivity index (χ2n) is 6.24. The Kier molecular flexibility index (Phi) is 5.16. The van der Waals surface area contributed by atoms with Crippen LogP contribution in [0.15, 0.2) is 107 Å². The van der Waals surface area contributed by atoms with E-state index in [4.69, 9.17) is 4.42 Å². The van der Waals surface area contributed by atoms with Crippen LogP contribution in [-0.2, 0) is 0 Å². The maximum atomic E-state index is 11.0. The second kappa shape index (κ2) is 8.22. The van der Waals surface area contributed by atoms with Crippen molar-refractivity contribution in [3.8, 4) is 11.3 Å². The molecule has 6 nitrogen and oxygen atoms in total. The molecule has 0 N–H and O–H groups in total. The lowest BCUT2D eigenvalue weighted by Crippen LogP contribution is -2.08. The van der Waals surface area contributed by atoms with Crippen LogP contribution in [0.4, 0.5) is 17.1 Å². The smallest absolute Gasteiger partial charge is 0.270 e. The monoisotopic (exact) mass is 383 g/mol. The SMILES string of the molecule is O=[N+]([O-])c1cccc(-c2ccc(C=NN(c3ccccc3)c3ccccc3)o2)c1. The normalized spacial score (nSPS) is 10.9. The lowest BCUT2D eigenvalue weighted by Gasteiger charge is -2.18. The van der Waals surface area contributed by atoms with Gasteiger partial charge >= 0.3 is 0 Å². The van der Waals surface area contributed by atoms with Gasteiger partial charge in [0.1, 0.15) is 11.5 Å². The topological polar surface area (TPSA) is 71.9 Å². The molecule has 0 aliphatic rings. The highest BCUT2D eigenvalue weighted by Crippen LogP contribution is 2.27. The number of furan rings is 1. The fourth-order valence-corrected chi connectivity index (χ4v) is 2.89. The standard InChI is InChI=1S/C23H17N3O3/c27-26(28)21-13-7-8-18(16-21)23-15-14-22(29-23)17-24-25(19-9-3-1-4-10-19)20-11-5-2-6-12-20/h1-17H. The maximum absolute atomic E-state index is 11.0. The summed E-state index contributed by atoms with van der Waals surface area (Å²) in [4.78, 5) is 10.6. The first-order valence-corrected chi connectivity index (χ1v) is 8.99. The van der Waals surface area contributed by atoms with Gasteiger partial charge in [-0.15, -0.1) is 0 Å². The van der Waals surface area contributed by atoms with Crippen LogP contribution in [-0.4, -0.2) is 11.1 Å². The van der Waals surface area contributed by atoms with Crippen LogP contribution in [0.1, 0.15) is 5.76 Å². The van der Waals surface area contributed by atoms with Crippen molar-refractivity contribution in [2.24, 2.45) is 5.10 Å². The number of hydrazone groups is 1. The molecule has 0 saturated heterocycles. The molecule has 0 amide bonds. The Balaban J connectivity index is 1.62. The summed E-state index contributed by atoms with van der Waals surface area (Å²) in [5.41, 5.74) is 2.50. The van der Waals surface area contributed by atoms with Crippen molar-refractivity contribution in [1.82, 2.24) is 0 Å². The van der Waals surface area contributed by atoms with E-state index in [1.54, 1.807) is 30.5 Å². The summed E-state index contributed by atoms with van der Waals surface area (Å²) in [7, 11) is 0. The molecule has 0 unspecified atom stereocenters. The van der Waals surface area contributed by atoms with E-state index in [2.05, 4.69) is 5.10 Å². The number of benzene rings is 3. The van der Waals surface area contributed by atoms with Gasteiger partial charge in [0.05, 0.1) is 22.5 Å². The summed E-state index contributed by atoms with van der Waals surface area (Å²) >= 11 is 0. The lowest BCUT2D eigenvalue weighted by atomic mass is 10.1. The van der Waals surface area contributed by atoms with Crippen molar-refractivity contribution < 1.29 is 9.34 Å². The number of hydrogen-bond acceptors (Lipinski definition) is 5. The highest BCUT2D eigenvalue weighted by Gasteiger charge is 2.11. The molecular weight excluding hydrogens is 366 g/mol. The Hall–Kier alpha value is -4.19. The van der Waals surface area contributed by atoms with Crippen molar-refractivity contribution >= 4 is 23.3 Å². The van der Waals surface area contributed by atoms with Crippen molar-refractivity contribution in [3.63, 3.8) is 0 Å². The molecule has 1 heterocycles. The van der Waals surface area contributed by atoms with Crippen LogP contribution >= 0.6 is 0 Å². The number of para-hydroxylation sites is 2. The number of anilines is 2. The zero-order valence-corrected chi connectivity index (χ0v) is 15.4. The van der Waals surface area contributed by atoms with E-state index in [-0.39, 0.29) is 5.69 Å². The van der Waals surface area contributed by atoms with Crippen LogP contribution in [0.25, 0.3) is 11.3 Å². The average molecular weight is 383 g/mol.